The van der Waals surface area contributed by atoms with E-state index in [2.05, 4.69) is 13.8 Å². The van der Waals surface area contributed by atoms with Crippen molar-refractivity contribution in [3.05, 3.63) is 21.1 Å². The number of rotatable bonds is 5. The second-order valence-corrected chi connectivity index (χ2v) is 5.74. The fourth-order valence-electron chi connectivity index (χ4n) is 1.56. The van der Waals surface area contributed by atoms with E-state index >= 15 is 0 Å². The van der Waals surface area contributed by atoms with Crippen molar-refractivity contribution in [3.63, 3.8) is 0 Å². The molecule has 0 saturated heterocycles. The summed E-state index contributed by atoms with van der Waals surface area (Å²) in [4.78, 5) is 24.2. The van der Waals surface area contributed by atoms with E-state index in [0.717, 1.165) is 0 Å². The largest absolute Gasteiger partial charge is 0.358 e. The van der Waals surface area contributed by atoms with Gasteiger partial charge < -0.3 is 4.90 Å². The summed E-state index contributed by atoms with van der Waals surface area (Å²) in [5, 5.41) is 11.6. The molecule has 0 radical (unpaired) electrons. The van der Waals surface area contributed by atoms with E-state index in [1.54, 1.807) is 0 Å². The highest BCUT2D eigenvalue weighted by Gasteiger charge is 2.26. The Labute approximate surface area is 111 Å². The maximum atomic E-state index is 11.3. The van der Waals surface area contributed by atoms with Crippen LogP contribution in [0.5, 0.6) is 0 Å². The highest BCUT2D eigenvalue weighted by molar-refractivity contribution is 7.18. The first-order valence-electron chi connectivity index (χ1n) is 5.77. The summed E-state index contributed by atoms with van der Waals surface area (Å²) in [6.07, 6.45) is 0. The summed E-state index contributed by atoms with van der Waals surface area (Å²) < 4.78 is 0. The van der Waals surface area contributed by atoms with Gasteiger partial charge in [0.25, 0.3) is 0 Å². The van der Waals surface area contributed by atoms with Gasteiger partial charge in [-0.05, 0) is 19.8 Å². The van der Waals surface area contributed by atoms with Crippen LogP contribution in [0.1, 0.15) is 37.4 Å². The molecule has 0 bridgehead atoms. The van der Waals surface area contributed by atoms with E-state index in [1.807, 2.05) is 18.9 Å². The van der Waals surface area contributed by atoms with Gasteiger partial charge in [-0.15, -0.1) is 11.3 Å². The Morgan fingerprint density at radius 1 is 1.44 bits per heavy atom. The van der Waals surface area contributed by atoms with E-state index in [4.69, 9.17) is 0 Å². The monoisotopic (exact) mass is 270 g/mol. The number of hydrogen-bond acceptors (Lipinski definition) is 5. The highest BCUT2D eigenvalue weighted by atomic mass is 32.1. The molecule has 0 aliphatic rings. The molecule has 0 aromatic carbocycles. The molecule has 0 fully saturated rings. The molecule has 1 aromatic rings. The van der Waals surface area contributed by atoms with Crippen LogP contribution < -0.4 is 4.90 Å². The first-order chi connectivity index (χ1) is 8.25. The second-order valence-electron chi connectivity index (χ2n) is 4.71. The van der Waals surface area contributed by atoms with Gasteiger partial charge in [-0.1, -0.05) is 13.8 Å². The first-order valence-corrected chi connectivity index (χ1v) is 6.59. The number of nitro groups is 1. The number of nitrogens with zero attached hydrogens (tertiary/aromatic N) is 2. The Bertz CT molecular complexity index is 468. The lowest BCUT2D eigenvalue weighted by Gasteiger charge is -2.27. The zero-order valence-electron chi connectivity index (χ0n) is 11.3. The minimum Gasteiger partial charge on any atom is -0.358 e. The van der Waals surface area contributed by atoms with Crippen LogP contribution in [0.25, 0.3) is 0 Å². The fraction of sp³-hybridized carbons (Fsp3) is 0.583. The van der Waals surface area contributed by atoms with Crippen molar-refractivity contribution in [1.82, 2.24) is 0 Å². The van der Waals surface area contributed by atoms with Gasteiger partial charge in [0.05, 0.1) is 9.80 Å². The summed E-state index contributed by atoms with van der Waals surface area (Å²) in [6, 6.07) is 1.54. The van der Waals surface area contributed by atoms with Crippen LogP contribution in [0.4, 0.5) is 10.7 Å². The Balaban J connectivity index is 3.21. The predicted molar refractivity (Wildman–Crippen MR) is 73.7 cm³/mol. The van der Waals surface area contributed by atoms with Crippen molar-refractivity contribution in [2.75, 3.05) is 11.9 Å². The third-order valence-corrected chi connectivity index (χ3v) is 4.45. The Kier molecular flexibility index (Phi) is 4.45. The molecule has 0 aliphatic carbocycles. The Morgan fingerprint density at radius 3 is 2.39 bits per heavy atom. The van der Waals surface area contributed by atoms with Crippen molar-refractivity contribution >= 4 is 27.8 Å². The maximum absolute atomic E-state index is 11.3. The molecule has 1 heterocycles. The van der Waals surface area contributed by atoms with Gasteiger partial charge in [0.2, 0.25) is 0 Å². The van der Waals surface area contributed by atoms with Gasteiger partial charge in [-0.3, -0.25) is 14.9 Å². The van der Waals surface area contributed by atoms with Crippen molar-refractivity contribution in [2.24, 2.45) is 5.92 Å². The predicted octanol–water partition coefficient (Wildman–Crippen LogP) is 3.34. The van der Waals surface area contributed by atoms with Crippen molar-refractivity contribution < 1.29 is 9.72 Å². The van der Waals surface area contributed by atoms with Gasteiger partial charge in [0.1, 0.15) is 0 Å². The summed E-state index contributed by atoms with van der Waals surface area (Å²) in [6.45, 7) is 7.56. The quantitative estimate of drug-likeness (QED) is 0.467. The number of ketones is 1. The lowest BCUT2D eigenvalue weighted by atomic mass is 10.1. The Morgan fingerprint density at radius 2 is 2.00 bits per heavy atom. The third-order valence-electron chi connectivity index (χ3n) is 3.13. The summed E-state index contributed by atoms with van der Waals surface area (Å²) in [5.41, 5.74) is 0.0141. The molecule has 6 heteroatoms. The summed E-state index contributed by atoms with van der Waals surface area (Å²) in [7, 11) is 1.83. The lowest BCUT2D eigenvalue weighted by molar-refractivity contribution is -0.383. The average molecular weight is 270 g/mol. The molecule has 5 nitrogen and oxygen atoms in total. The first kappa shape index (κ1) is 14.6. The van der Waals surface area contributed by atoms with Crippen LogP contribution in [0.3, 0.4) is 0 Å². The zero-order valence-corrected chi connectivity index (χ0v) is 12.1. The topological polar surface area (TPSA) is 63.4 Å². The van der Waals surface area contributed by atoms with Crippen LogP contribution in [-0.2, 0) is 0 Å². The normalized spacial score (nSPS) is 12.6. The van der Waals surface area contributed by atoms with E-state index in [9.17, 15) is 14.9 Å². The fourth-order valence-corrected chi connectivity index (χ4v) is 2.63. The molecule has 1 aromatic heterocycles. The minimum atomic E-state index is -0.429. The standard InChI is InChI=1S/C12H18N2O3S/c1-7(2)8(3)13(5)12-10(14(16)17)6-11(18-12)9(4)15/h6-8H,1-5H3. The number of carbonyl (C=O) groups is 1. The van der Waals surface area contributed by atoms with Crippen molar-refractivity contribution in [2.45, 2.75) is 33.7 Å². The number of anilines is 1. The van der Waals surface area contributed by atoms with E-state index in [0.29, 0.717) is 15.8 Å². The molecule has 1 atom stereocenters. The van der Waals surface area contributed by atoms with Gasteiger partial charge in [-0.25, -0.2) is 0 Å². The highest BCUT2D eigenvalue weighted by Crippen LogP contribution is 2.38. The molecule has 1 unspecified atom stereocenters. The van der Waals surface area contributed by atoms with Crippen LogP contribution >= 0.6 is 11.3 Å². The van der Waals surface area contributed by atoms with E-state index in [-0.39, 0.29) is 17.5 Å². The van der Waals surface area contributed by atoms with Gasteiger partial charge in [-0.2, -0.15) is 0 Å². The molecule has 0 spiro atoms. The molecule has 0 aliphatic heterocycles. The van der Waals surface area contributed by atoms with Crippen LogP contribution in [0, 0.1) is 16.0 Å². The Hall–Kier alpha value is -1.43. The van der Waals surface area contributed by atoms with Gasteiger partial charge in [0.15, 0.2) is 10.8 Å². The van der Waals surface area contributed by atoms with Gasteiger partial charge in [0, 0.05) is 19.2 Å². The third kappa shape index (κ3) is 2.87. The summed E-state index contributed by atoms with van der Waals surface area (Å²) in [5.74, 6) is 0.234. The van der Waals surface area contributed by atoms with Crippen LogP contribution in [-0.4, -0.2) is 23.8 Å². The second kappa shape index (κ2) is 5.48. The van der Waals surface area contributed by atoms with Crippen molar-refractivity contribution in [1.29, 1.82) is 0 Å². The zero-order chi connectivity index (χ0) is 14.0. The van der Waals surface area contributed by atoms with Gasteiger partial charge >= 0.3 is 5.69 Å². The smallest absolute Gasteiger partial charge is 0.304 e. The molecular formula is C12H18N2O3S. The average Bonchev–Trinajstić information content (AvgIpc) is 2.71. The van der Waals surface area contributed by atoms with Crippen molar-refractivity contribution in [3.8, 4) is 0 Å². The lowest BCUT2D eigenvalue weighted by Crippen LogP contribution is -2.32. The van der Waals surface area contributed by atoms with E-state index in [1.165, 1.54) is 24.3 Å². The molecule has 100 valence electrons. The SMILES string of the molecule is CC(=O)c1cc([N+](=O)[O-])c(N(C)C(C)C(C)C)s1. The molecule has 0 amide bonds. The van der Waals surface area contributed by atoms with E-state index < -0.39 is 4.92 Å². The number of Topliss-reactive ketones (excluding diaryl/α,β-unsaturated/α-hetero) is 1. The molecule has 0 saturated carbocycles. The molecule has 18 heavy (non-hydrogen) atoms. The maximum Gasteiger partial charge on any atom is 0.304 e. The number of carbonyl (C=O) groups excluding carboxylic acids is 1. The number of thiophene rings is 1. The van der Waals surface area contributed by atoms with Crippen LogP contribution in [0.15, 0.2) is 6.07 Å². The summed E-state index contributed by atoms with van der Waals surface area (Å²) >= 11 is 1.18. The number of hydrogen-bond donors (Lipinski definition) is 0. The molecule has 1 rings (SSSR count). The van der Waals surface area contributed by atoms with Crippen LogP contribution in [0.2, 0.25) is 0 Å². The minimum absolute atomic E-state index is 0.0141. The molecular weight excluding hydrogens is 252 g/mol. The molecule has 0 N–H and O–H groups in total.